The van der Waals surface area contributed by atoms with Crippen molar-refractivity contribution >= 4 is 41.7 Å². The summed E-state index contributed by atoms with van der Waals surface area (Å²) in [6.07, 6.45) is 0.988. The highest BCUT2D eigenvalue weighted by molar-refractivity contribution is 7.99. The van der Waals surface area contributed by atoms with Gasteiger partial charge in [-0.25, -0.2) is 13.8 Å². The molecule has 0 atom stereocenters. The number of halogens is 3. The van der Waals surface area contributed by atoms with E-state index < -0.39 is 13.0 Å². The van der Waals surface area contributed by atoms with Crippen molar-refractivity contribution < 1.29 is 23.0 Å². The van der Waals surface area contributed by atoms with Gasteiger partial charge in [0, 0.05) is 31.9 Å². The quantitative estimate of drug-likeness (QED) is 0.492. The molecule has 12 heteroatoms. The normalized spacial score (nSPS) is 14.2. The van der Waals surface area contributed by atoms with E-state index in [1.165, 1.54) is 19.3 Å². The molecule has 8 nitrogen and oxygen atoms in total. The molecule has 2 aromatic heterocycles. The van der Waals surface area contributed by atoms with Gasteiger partial charge in [0.1, 0.15) is 13.4 Å². The summed E-state index contributed by atoms with van der Waals surface area (Å²) in [6, 6.07) is 3.06. The maximum absolute atomic E-state index is 12.6. The van der Waals surface area contributed by atoms with Crippen LogP contribution in [-0.4, -0.2) is 61.9 Å². The van der Waals surface area contributed by atoms with Gasteiger partial charge in [0.05, 0.1) is 10.7 Å². The number of alkyl halides is 2. The number of hydrogen-bond donors (Lipinski definition) is 2. The molecule has 3 heterocycles. The summed E-state index contributed by atoms with van der Waals surface area (Å²) < 4.78 is 36.1. The first-order chi connectivity index (χ1) is 16.7. The number of carbonyl (C=O) groups excluding carboxylic acids is 1. The minimum Gasteiger partial charge on any atom is -0.482 e. The Morgan fingerprint density at radius 1 is 1.29 bits per heavy atom. The van der Waals surface area contributed by atoms with Crippen LogP contribution in [0.5, 0.6) is 17.5 Å². The summed E-state index contributed by atoms with van der Waals surface area (Å²) in [4.78, 5) is 18.7. The topological polar surface area (TPSA) is 117 Å². The lowest BCUT2D eigenvalue weighted by Crippen LogP contribution is -2.37. The second-order valence-electron chi connectivity index (χ2n) is 8.05. The van der Waals surface area contributed by atoms with Crippen molar-refractivity contribution in [2.45, 2.75) is 33.1 Å². The van der Waals surface area contributed by atoms with Gasteiger partial charge in [0.15, 0.2) is 11.6 Å². The Morgan fingerprint density at radius 3 is 2.51 bits per heavy atom. The van der Waals surface area contributed by atoms with Crippen LogP contribution < -0.4 is 25.8 Å². The molecule has 1 aliphatic heterocycles. The van der Waals surface area contributed by atoms with E-state index in [9.17, 15) is 8.78 Å². The second kappa shape index (κ2) is 14.9. The Morgan fingerprint density at radius 2 is 1.91 bits per heavy atom. The van der Waals surface area contributed by atoms with E-state index in [0.717, 1.165) is 36.5 Å². The number of nitrogen functional groups attached to an aromatic ring is 1. The number of rotatable bonds is 8. The third kappa shape index (κ3) is 9.30. The van der Waals surface area contributed by atoms with Gasteiger partial charge in [-0.15, -0.1) is 0 Å². The number of thioether (sulfide) groups is 1. The predicted molar refractivity (Wildman–Crippen MR) is 139 cm³/mol. The number of anilines is 2. The lowest BCUT2D eigenvalue weighted by Gasteiger charge is -2.37. The highest BCUT2D eigenvalue weighted by atomic mass is 35.5. The average Bonchev–Trinajstić information content (AvgIpc) is 2.84. The van der Waals surface area contributed by atoms with Gasteiger partial charge in [0.25, 0.3) is 12.3 Å². The molecule has 0 spiro atoms. The number of nitrogens with two attached hydrogens (primary N) is 2. The lowest BCUT2D eigenvalue weighted by molar-refractivity contribution is -0.0980. The summed E-state index contributed by atoms with van der Waals surface area (Å²) >= 11 is 7.91. The first kappa shape index (κ1) is 30.7. The molecule has 1 saturated heterocycles. The van der Waals surface area contributed by atoms with Gasteiger partial charge >= 0.3 is 0 Å². The Kier molecular flexibility index (Phi) is 13.1. The summed E-state index contributed by atoms with van der Waals surface area (Å²) in [6.45, 7) is 6.17. The van der Waals surface area contributed by atoms with E-state index in [1.54, 1.807) is 6.07 Å². The molecule has 0 radical (unpaired) electrons. The van der Waals surface area contributed by atoms with Crippen LogP contribution in [0.25, 0.3) is 0 Å². The van der Waals surface area contributed by atoms with Gasteiger partial charge in [-0.2, -0.15) is 16.7 Å². The van der Waals surface area contributed by atoms with Crippen LogP contribution in [0, 0.1) is 12.3 Å². The highest BCUT2D eigenvalue weighted by Gasteiger charge is 2.29. The molecule has 0 aromatic carbocycles. The number of pyridine rings is 2. The fraction of sp³-hybridized carbons (Fsp3) is 0.522. The van der Waals surface area contributed by atoms with Crippen LogP contribution in [0.1, 0.15) is 25.3 Å². The molecule has 196 valence electrons. The molecule has 0 saturated carbocycles. The number of hydrogen-bond acceptors (Lipinski definition) is 9. The zero-order valence-corrected chi connectivity index (χ0v) is 22.1. The fourth-order valence-corrected chi connectivity index (χ4v) is 5.12. The van der Waals surface area contributed by atoms with Gasteiger partial charge in [-0.3, -0.25) is 0 Å². The largest absolute Gasteiger partial charge is 0.482 e. The van der Waals surface area contributed by atoms with Crippen molar-refractivity contribution in [2.75, 3.05) is 49.4 Å². The first-order valence-electron chi connectivity index (χ1n) is 10.8. The van der Waals surface area contributed by atoms with E-state index in [0.29, 0.717) is 11.5 Å². The molecule has 0 unspecified atom stereocenters. The lowest BCUT2D eigenvalue weighted by atomic mass is 9.83. The van der Waals surface area contributed by atoms with Gasteiger partial charge in [-0.1, -0.05) is 18.5 Å². The summed E-state index contributed by atoms with van der Waals surface area (Å²) in [7, 11) is 3.46. The number of aromatic nitrogens is 2. The van der Waals surface area contributed by atoms with E-state index in [-0.39, 0.29) is 27.9 Å². The maximum atomic E-state index is 12.6. The Balaban J connectivity index is 0.00000145. The van der Waals surface area contributed by atoms with Crippen LogP contribution in [0.4, 0.5) is 20.3 Å². The molecule has 1 fully saturated rings. The number of aryl methyl sites for hydroxylation is 1. The molecule has 0 amide bonds. The Labute approximate surface area is 214 Å². The fourth-order valence-electron chi connectivity index (χ4n) is 3.49. The molecule has 4 N–H and O–H groups in total. The Bertz CT molecular complexity index is 936. The van der Waals surface area contributed by atoms with E-state index in [4.69, 9.17) is 31.6 Å². The van der Waals surface area contributed by atoms with Crippen molar-refractivity contribution in [1.29, 1.82) is 0 Å². The van der Waals surface area contributed by atoms with Gasteiger partial charge in [-0.05, 0) is 49.3 Å². The van der Waals surface area contributed by atoms with Crippen molar-refractivity contribution in [1.82, 2.24) is 9.97 Å². The minimum absolute atomic E-state index is 0.00610. The predicted octanol–water partition coefficient (Wildman–Crippen LogP) is 4.82. The molecule has 2 aromatic rings. The third-order valence-corrected chi connectivity index (χ3v) is 6.45. The summed E-state index contributed by atoms with van der Waals surface area (Å²) in [5.74, 6) is 3.18. The summed E-state index contributed by atoms with van der Waals surface area (Å²) in [5, 5.41) is 0.248. The van der Waals surface area contributed by atoms with Crippen molar-refractivity contribution in [2.24, 2.45) is 11.1 Å². The van der Waals surface area contributed by atoms with Gasteiger partial charge < -0.3 is 30.6 Å². The van der Waals surface area contributed by atoms with E-state index in [1.807, 2.05) is 32.5 Å². The van der Waals surface area contributed by atoms with E-state index >= 15 is 0 Å². The second-order valence-corrected chi connectivity index (χ2v) is 9.72. The Hall–Kier alpha value is -2.37. The minimum atomic E-state index is -2.64. The van der Waals surface area contributed by atoms with Gasteiger partial charge in [0.2, 0.25) is 5.88 Å². The molecule has 3 rings (SSSR count). The van der Waals surface area contributed by atoms with Crippen LogP contribution in [-0.2, 0) is 4.79 Å². The zero-order valence-electron chi connectivity index (χ0n) is 20.5. The van der Waals surface area contributed by atoms with E-state index in [2.05, 4.69) is 27.5 Å². The molecule has 0 aliphatic carbocycles. The van der Waals surface area contributed by atoms with Crippen molar-refractivity contribution in [3.8, 4) is 17.5 Å². The monoisotopic (exact) mass is 533 g/mol. The number of nitrogens with zero attached hydrogens (tertiary/aromatic N) is 3. The molecule has 35 heavy (non-hydrogen) atoms. The van der Waals surface area contributed by atoms with Crippen molar-refractivity contribution in [3.05, 3.63) is 28.9 Å². The van der Waals surface area contributed by atoms with Crippen LogP contribution in [0.3, 0.4) is 0 Å². The van der Waals surface area contributed by atoms with Crippen LogP contribution >= 0.6 is 23.4 Å². The molecule has 1 aliphatic rings. The molecular weight excluding hydrogens is 500 g/mol. The van der Waals surface area contributed by atoms with Crippen LogP contribution in [0.2, 0.25) is 5.02 Å². The van der Waals surface area contributed by atoms with Crippen molar-refractivity contribution in [3.63, 3.8) is 0 Å². The zero-order chi connectivity index (χ0) is 26.6. The standard InChI is InChI=1S/C21H27ClF2N4O2S.CH5N.CH2O/c1-13-8-17(30-20-15(29-11-16(23)24)9-14(22)10-26-20)27-19(18(13)25)28(3)12-21(2)4-6-31-7-5-21;2*1-2/h8-10,16H,4-7,11-12,25H2,1-3H3;2H2,1H3;1H2. The highest BCUT2D eigenvalue weighted by Crippen LogP contribution is 2.38. The smallest absolute Gasteiger partial charge is 0.272 e. The number of carbonyl (C=O) groups is 1. The third-order valence-electron chi connectivity index (χ3n) is 5.25. The SMILES string of the molecule is C=O.CN.Cc1cc(Oc2ncc(Cl)cc2OCC(F)F)nc(N(C)CC2(C)CCSCC2)c1N. The average molecular weight is 534 g/mol. The number of ether oxygens (including phenoxy) is 2. The molecule has 0 bridgehead atoms. The first-order valence-corrected chi connectivity index (χ1v) is 12.4. The van der Waals surface area contributed by atoms with Crippen LogP contribution in [0.15, 0.2) is 18.3 Å². The molecular formula is C23H34ClF2N5O3S. The summed E-state index contributed by atoms with van der Waals surface area (Å²) in [5.41, 5.74) is 12.4. The maximum Gasteiger partial charge on any atom is 0.272 e.